The van der Waals surface area contributed by atoms with Gasteiger partial charge < -0.3 is 19.5 Å². The highest BCUT2D eigenvalue weighted by Gasteiger charge is 2.16. The molecule has 0 amide bonds. The molecule has 0 unspecified atom stereocenters. The minimum absolute atomic E-state index is 0.0641. The van der Waals surface area contributed by atoms with Crippen molar-refractivity contribution in [3.05, 3.63) is 18.0 Å². The molecule has 1 aromatic carbocycles. The number of benzene rings is 1. The van der Waals surface area contributed by atoms with E-state index in [1.165, 1.54) is 0 Å². The smallest absolute Gasteiger partial charge is 0.306 e. The number of nitrogens with one attached hydrogen (secondary N) is 1. The number of fused-ring (bicyclic) bond motifs is 3. The van der Waals surface area contributed by atoms with E-state index in [0.29, 0.717) is 35.9 Å². The SMILES string of the molecule is COc1cc2nc(NCCCCCC(=O)OC(C)C)c3nnc(C)n3c2cc1OC. The monoisotopic (exact) mass is 415 g/mol. The van der Waals surface area contributed by atoms with Crippen molar-refractivity contribution >= 4 is 28.5 Å². The molecular formula is C21H29N5O4. The Labute approximate surface area is 175 Å². The molecule has 2 aromatic heterocycles. The molecule has 0 spiro atoms. The number of hydrogen-bond donors (Lipinski definition) is 1. The molecule has 0 aliphatic heterocycles. The summed E-state index contributed by atoms with van der Waals surface area (Å²) in [5.41, 5.74) is 2.26. The van der Waals surface area contributed by atoms with Crippen LogP contribution in [0, 0.1) is 6.92 Å². The zero-order valence-corrected chi connectivity index (χ0v) is 18.2. The molecule has 2 heterocycles. The molecule has 0 atom stereocenters. The molecule has 3 aromatic rings. The molecule has 0 bridgehead atoms. The third-order valence-corrected chi connectivity index (χ3v) is 4.71. The van der Waals surface area contributed by atoms with Crippen molar-refractivity contribution in [2.45, 2.75) is 52.6 Å². The predicted octanol–water partition coefficient (Wildman–Crippen LogP) is 3.53. The predicted molar refractivity (Wildman–Crippen MR) is 114 cm³/mol. The maximum Gasteiger partial charge on any atom is 0.306 e. The molecule has 0 aliphatic carbocycles. The lowest BCUT2D eigenvalue weighted by Crippen LogP contribution is -2.11. The van der Waals surface area contributed by atoms with Crippen LogP contribution < -0.4 is 14.8 Å². The van der Waals surface area contributed by atoms with Crippen LogP contribution in [0.5, 0.6) is 11.5 Å². The van der Waals surface area contributed by atoms with Gasteiger partial charge in [-0.2, -0.15) is 0 Å². The van der Waals surface area contributed by atoms with Gasteiger partial charge in [0, 0.05) is 25.1 Å². The summed E-state index contributed by atoms with van der Waals surface area (Å²) in [6, 6.07) is 3.73. The second-order valence-electron chi connectivity index (χ2n) is 7.34. The highest BCUT2D eigenvalue weighted by atomic mass is 16.5. The molecule has 0 aliphatic rings. The topological polar surface area (TPSA) is 99.9 Å². The molecule has 0 saturated heterocycles. The van der Waals surface area contributed by atoms with E-state index in [2.05, 4.69) is 15.5 Å². The van der Waals surface area contributed by atoms with Crippen molar-refractivity contribution in [2.24, 2.45) is 0 Å². The maximum atomic E-state index is 11.6. The summed E-state index contributed by atoms with van der Waals surface area (Å²) in [5.74, 6) is 2.52. The largest absolute Gasteiger partial charge is 0.493 e. The second-order valence-corrected chi connectivity index (χ2v) is 7.34. The first-order valence-corrected chi connectivity index (χ1v) is 10.2. The van der Waals surface area contributed by atoms with Gasteiger partial charge in [-0.25, -0.2) is 4.98 Å². The number of unbranched alkanes of at least 4 members (excludes halogenated alkanes) is 2. The third-order valence-electron chi connectivity index (χ3n) is 4.71. The molecule has 9 heteroatoms. The Morgan fingerprint density at radius 2 is 1.83 bits per heavy atom. The first kappa shape index (κ1) is 21.6. The van der Waals surface area contributed by atoms with Crippen LogP contribution in [0.3, 0.4) is 0 Å². The van der Waals surface area contributed by atoms with Crippen molar-refractivity contribution in [3.63, 3.8) is 0 Å². The first-order chi connectivity index (χ1) is 14.4. The highest BCUT2D eigenvalue weighted by molar-refractivity contribution is 5.85. The van der Waals surface area contributed by atoms with Crippen molar-refractivity contribution in [1.29, 1.82) is 0 Å². The quantitative estimate of drug-likeness (QED) is 0.397. The van der Waals surface area contributed by atoms with E-state index in [4.69, 9.17) is 19.2 Å². The Morgan fingerprint density at radius 1 is 1.10 bits per heavy atom. The number of esters is 1. The average molecular weight is 415 g/mol. The molecule has 3 rings (SSSR count). The number of carbonyl (C=O) groups is 1. The summed E-state index contributed by atoms with van der Waals surface area (Å²) in [4.78, 5) is 16.3. The molecule has 0 saturated carbocycles. The van der Waals surface area contributed by atoms with Crippen LogP contribution in [0.15, 0.2) is 12.1 Å². The minimum atomic E-state index is -0.140. The van der Waals surface area contributed by atoms with Gasteiger partial charge in [-0.1, -0.05) is 6.42 Å². The van der Waals surface area contributed by atoms with Crippen LogP contribution in [0.4, 0.5) is 5.82 Å². The van der Waals surface area contributed by atoms with Gasteiger partial charge in [0.25, 0.3) is 0 Å². The second kappa shape index (κ2) is 9.60. The fourth-order valence-electron chi connectivity index (χ4n) is 3.32. The highest BCUT2D eigenvalue weighted by Crippen LogP contribution is 2.33. The Morgan fingerprint density at radius 3 is 2.53 bits per heavy atom. The number of ether oxygens (including phenoxy) is 3. The fraction of sp³-hybridized carbons (Fsp3) is 0.524. The van der Waals surface area contributed by atoms with E-state index in [-0.39, 0.29) is 12.1 Å². The third kappa shape index (κ3) is 4.72. The Balaban J connectivity index is 1.72. The van der Waals surface area contributed by atoms with Crippen LogP contribution in [0.1, 0.15) is 45.4 Å². The van der Waals surface area contributed by atoms with E-state index < -0.39 is 0 Å². The van der Waals surface area contributed by atoms with Gasteiger partial charge in [0.2, 0.25) is 5.65 Å². The summed E-state index contributed by atoms with van der Waals surface area (Å²) in [7, 11) is 3.20. The van der Waals surface area contributed by atoms with Gasteiger partial charge in [0.05, 0.1) is 31.4 Å². The van der Waals surface area contributed by atoms with Crippen molar-refractivity contribution in [1.82, 2.24) is 19.6 Å². The van der Waals surface area contributed by atoms with Crippen LogP contribution in [-0.4, -0.2) is 52.4 Å². The lowest BCUT2D eigenvalue weighted by molar-refractivity contribution is -0.147. The van der Waals surface area contributed by atoms with Crippen LogP contribution in [-0.2, 0) is 9.53 Å². The van der Waals surface area contributed by atoms with E-state index in [1.807, 2.05) is 37.3 Å². The normalized spacial score (nSPS) is 11.3. The summed E-state index contributed by atoms with van der Waals surface area (Å²) >= 11 is 0. The summed E-state index contributed by atoms with van der Waals surface area (Å²) in [6.07, 6.45) is 3.00. The standard InChI is InChI=1S/C21H29N5O4/c1-13(2)30-19(27)9-7-6-8-10-22-20-21-25-24-14(3)26(21)16-12-18(29-5)17(28-4)11-15(16)23-20/h11-13H,6-10H2,1-5H3,(H,22,23). The summed E-state index contributed by atoms with van der Waals surface area (Å²) in [5, 5.41) is 11.9. The zero-order chi connectivity index (χ0) is 21.7. The number of carbonyl (C=O) groups excluding carboxylic acids is 1. The van der Waals surface area contributed by atoms with Crippen molar-refractivity contribution in [2.75, 3.05) is 26.1 Å². The maximum absolute atomic E-state index is 11.6. The minimum Gasteiger partial charge on any atom is -0.493 e. The molecule has 0 fully saturated rings. The Kier molecular flexibility index (Phi) is 6.91. The van der Waals surface area contributed by atoms with Gasteiger partial charge in [-0.15, -0.1) is 10.2 Å². The summed E-state index contributed by atoms with van der Waals surface area (Å²) < 4.78 is 17.9. The molecule has 1 N–H and O–H groups in total. The molecule has 162 valence electrons. The molecule has 30 heavy (non-hydrogen) atoms. The number of anilines is 1. The number of aromatic nitrogens is 4. The zero-order valence-electron chi connectivity index (χ0n) is 18.2. The van der Waals surface area contributed by atoms with Crippen LogP contribution in [0.2, 0.25) is 0 Å². The Hall–Kier alpha value is -3.10. The van der Waals surface area contributed by atoms with Crippen molar-refractivity contribution < 1.29 is 19.0 Å². The van der Waals surface area contributed by atoms with Crippen LogP contribution >= 0.6 is 0 Å². The van der Waals surface area contributed by atoms with Gasteiger partial charge in [0.15, 0.2) is 17.3 Å². The summed E-state index contributed by atoms with van der Waals surface area (Å²) in [6.45, 7) is 6.33. The lowest BCUT2D eigenvalue weighted by Gasteiger charge is -2.13. The fourth-order valence-corrected chi connectivity index (χ4v) is 3.32. The van der Waals surface area contributed by atoms with E-state index in [9.17, 15) is 4.79 Å². The van der Waals surface area contributed by atoms with Gasteiger partial charge in [-0.3, -0.25) is 9.20 Å². The lowest BCUT2D eigenvalue weighted by atomic mass is 10.2. The average Bonchev–Trinajstić information content (AvgIpc) is 3.11. The Bertz CT molecular complexity index is 1030. The molecular weight excluding hydrogens is 386 g/mol. The van der Waals surface area contributed by atoms with E-state index in [0.717, 1.165) is 36.1 Å². The van der Waals surface area contributed by atoms with Gasteiger partial charge in [0.1, 0.15) is 5.82 Å². The van der Waals surface area contributed by atoms with Gasteiger partial charge in [-0.05, 0) is 33.6 Å². The number of hydrogen-bond acceptors (Lipinski definition) is 8. The van der Waals surface area contributed by atoms with E-state index in [1.54, 1.807) is 14.2 Å². The van der Waals surface area contributed by atoms with Gasteiger partial charge >= 0.3 is 5.97 Å². The molecule has 0 radical (unpaired) electrons. The number of rotatable bonds is 10. The van der Waals surface area contributed by atoms with Crippen LogP contribution in [0.25, 0.3) is 16.7 Å². The van der Waals surface area contributed by atoms with Crippen molar-refractivity contribution in [3.8, 4) is 11.5 Å². The first-order valence-electron chi connectivity index (χ1n) is 10.2. The number of aryl methyl sites for hydroxylation is 1. The number of methoxy groups -OCH3 is 2. The number of nitrogens with zero attached hydrogens (tertiary/aromatic N) is 4. The molecule has 9 nitrogen and oxygen atoms in total. The van der Waals surface area contributed by atoms with E-state index >= 15 is 0 Å².